The van der Waals surface area contributed by atoms with Gasteiger partial charge in [0.05, 0.1) is 12.1 Å². The Morgan fingerprint density at radius 2 is 1.77 bits per heavy atom. The molecular formula is C24H25N3O3. The van der Waals surface area contributed by atoms with Gasteiger partial charge in [-0.25, -0.2) is 14.3 Å². The smallest absolute Gasteiger partial charge is 0.347 e. The number of aromatic carboxylic acids is 1. The van der Waals surface area contributed by atoms with E-state index in [1.165, 1.54) is 4.68 Å². The van der Waals surface area contributed by atoms with Crippen LogP contribution in [0.5, 0.6) is 0 Å². The first-order valence-electron chi connectivity index (χ1n) is 9.71. The highest BCUT2D eigenvalue weighted by Crippen LogP contribution is 2.25. The van der Waals surface area contributed by atoms with E-state index in [-0.39, 0.29) is 23.2 Å². The number of carboxylic acids is 1. The Balaban J connectivity index is 1.96. The molecule has 6 nitrogen and oxygen atoms in total. The van der Waals surface area contributed by atoms with Crippen LogP contribution >= 0.6 is 0 Å². The zero-order chi connectivity index (χ0) is 21.9. The van der Waals surface area contributed by atoms with Gasteiger partial charge in [0, 0.05) is 5.41 Å². The van der Waals surface area contributed by atoms with E-state index in [2.05, 4.69) is 16.9 Å². The first-order valence-corrected chi connectivity index (χ1v) is 9.71. The first-order chi connectivity index (χ1) is 14.2. The Bertz CT molecular complexity index is 1180. The molecule has 30 heavy (non-hydrogen) atoms. The molecule has 0 unspecified atom stereocenters. The highest BCUT2D eigenvalue weighted by molar-refractivity contribution is 5.95. The summed E-state index contributed by atoms with van der Waals surface area (Å²) >= 11 is 0. The highest BCUT2D eigenvalue weighted by atomic mass is 16.4. The van der Waals surface area contributed by atoms with Gasteiger partial charge in [0.25, 0.3) is 0 Å². The van der Waals surface area contributed by atoms with E-state index in [0.29, 0.717) is 17.9 Å². The van der Waals surface area contributed by atoms with E-state index < -0.39 is 5.97 Å². The number of hydrogen-bond donors (Lipinski definition) is 1. The molecule has 0 atom stereocenters. The van der Waals surface area contributed by atoms with Gasteiger partial charge in [0.2, 0.25) is 0 Å². The minimum atomic E-state index is -0.960. The van der Waals surface area contributed by atoms with Crippen LogP contribution in [0.4, 0.5) is 0 Å². The number of benzene rings is 2. The molecule has 154 valence electrons. The Morgan fingerprint density at radius 1 is 1.10 bits per heavy atom. The number of carboxylic acid groups (broad SMARTS) is 1. The van der Waals surface area contributed by atoms with E-state index in [4.69, 9.17) is 0 Å². The van der Waals surface area contributed by atoms with Crippen LogP contribution in [0.25, 0.3) is 11.1 Å². The normalized spacial score (nSPS) is 11.1. The van der Waals surface area contributed by atoms with Gasteiger partial charge in [-0.05, 0) is 29.7 Å². The zero-order valence-corrected chi connectivity index (χ0v) is 17.6. The minimum absolute atomic E-state index is 0.192. The van der Waals surface area contributed by atoms with Crippen molar-refractivity contribution in [2.45, 2.75) is 46.2 Å². The highest BCUT2D eigenvalue weighted by Gasteiger charge is 2.24. The molecular weight excluding hydrogens is 378 g/mol. The first kappa shape index (κ1) is 21.1. The topological polar surface area (TPSA) is 77.1 Å². The second-order valence-electron chi connectivity index (χ2n) is 8.07. The van der Waals surface area contributed by atoms with E-state index in [1.807, 2.05) is 51.1 Å². The van der Waals surface area contributed by atoms with Crippen molar-refractivity contribution >= 4 is 5.97 Å². The summed E-state index contributed by atoms with van der Waals surface area (Å²) in [6.45, 7) is 8.44. The number of rotatable bonds is 5. The Labute approximate surface area is 175 Å². The summed E-state index contributed by atoms with van der Waals surface area (Å²) in [6, 6.07) is 14.5. The van der Waals surface area contributed by atoms with Crippen molar-refractivity contribution in [2.24, 2.45) is 0 Å². The van der Waals surface area contributed by atoms with Crippen molar-refractivity contribution in [1.82, 2.24) is 14.3 Å². The van der Waals surface area contributed by atoms with Crippen LogP contribution in [-0.4, -0.2) is 25.4 Å². The molecule has 0 saturated heterocycles. The van der Waals surface area contributed by atoms with E-state index in [9.17, 15) is 14.7 Å². The largest absolute Gasteiger partial charge is 0.478 e. The standard InChI is InChI=1S/C24H25N3O3/c1-5-6-15-27-23(30)26(22(25-27)24(2,3)4)16-17-11-13-18(14-12-17)19-9-7-8-10-20(19)21(28)29/h7-14H,15-16H2,1-4H3,(H,28,29). The van der Waals surface area contributed by atoms with Crippen LogP contribution in [0, 0.1) is 11.8 Å². The molecule has 1 heterocycles. The van der Waals surface area contributed by atoms with Crippen molar-refractivity contribution in [3.05, 3.63) is 76.0 Å². The van der Waals surface area contributed by atoms with Gasteiger partial charge in [0.1, 0.15) is 12.4 Å². The zero-order valence-electron chi connectivity index (χ0n) is 17.6. The molecule has 0 aliphatic rings. The third-order valence-electron chi connectivity index (χ3n) is 4.76. The predicted molar refractivity (Wildman–Crippen MR) is 117 cm³/mol. The van der Waals surface area contributed by atoms with E-state index >= 15 is 0 Å². The molecule has 3 rings (SSSR count). The molecule has 2 aromatic carbocycles. The van der Waals surface area contributed by atoms with Crippen LogP contribution < -0.4 is 5.69 Å². The number of carbonyl (C=O) groups is 1. The van der Waals surface area contributed by atoms with Crippen molar-refractivity contribution in [2.75, 3.05) is 0 Å². The summed E-state index contributed by atoms with van der Waals surface area (Å²) in [5.74, 6) is 5.42. The quantitative estimate of drug-likeness (QED) is 0.658. The third-order valence-corrected chi connectivity index (χ3v) is 4.76. The summed E-state index contributed by atoms with van der Waals surface area (Å²) in [7, 11) is 0. The fraction of sp³-hybridized carbons (Fsp3) is 0.292. The third kappa shape index (κ3) is 4.36. The summed E-state index contributed by atoms with van der Waals surface area (Å²) in [4.78, 5) is 24.4. The molecule has 3 aromatic rings. The summed E-state index contributed by atoms with van der Waals surface area (Å²) in [6.07, 6.45) is 0. The SMILES string of the molecule is CC#CCn1nc(C(C)(C)C)n(Cc2ccc(-c3ccccc3C(=O)O)cc2)c1=O. The van der Waals surface area contributed by atoms with Gasteiger partial charge in [-0.2, -0.15) is 5.10 Å². The fourth-order valence-electron chi connectivity index (χ4n) is 3.29. The molecule has 1 aromatic heterocycles. The van der Waals surface area contributed by atoms with Crippen molar-refractivity contribution in [3.8, 4) is 23.0 Å². The molecule has 0 fully saturated rings. The van der Waals surface area contributed by atoms with Crippen LogP contribution in [-0.2, 0) is 18.5 Å². The monoisotopic (exact) mass is 403 g/mol. The Kier molecular flexibility index (Phi) is 5.93. The van der Waals surface area contributed by atoms with Crippen molar-refractivity contribution < 1.29 is 9.90 Å². The van der Waals surface area contributed by atoms with Gasteiger partial charge in [0.15, 0.2) is 0 Å². The lowest BCUT2D eigenvalue weighted by Crippen LogP contribution is -2.28. The summed E-state index contributed by atoms with van der Waals surface area (Å²) < 4.78 is 3.08. The molecule has 0 radical (unpaired) electrons. The van der Waals surface area contributed by atoms with Crippen molar-refractivity contribution in [3.63, 3.8) is 0 Å². The predicted octanol–water partition coefficient (Wildman–Crippen LogP) is 3.78. The number of nitrogens with zero attached hydrogens (tertiary/aromatic N) is 3. The van der Waals surface area contributed by atoms with Crippen molar-refractivity contribution in [1.29, 1.82) is 0 Å². The van der Waals surface area contributed by atoms with Crippen LogP contribution in [0.1, 0.15) is 49.4 Å². The van der Waals surface area contributed by atoms with Gasteiger partial charge >= 0.3 is 11.7 Å². The van der Waals surface area contributed by atoms with Gasteiger partial charge in [-0.15, -0.1) is 5.92 Å². The van der Waals surface area contributed by atoms with E-state index in [1.54, 1.807) is 29.7 Å². The molecule has 0 bridgehead atoms. The Morgan fingerprint density at radius 3 is 2.37 bits per heavy atom. The minimum Gasteiger partial charge on any atom is -0.478 e. The van der Waals surface area contributed by atoms with Crippen LogP contribution in [0.2, 0.25) is 0 Å². The molecule has 0 spiro atoms. The maximum absolute atomic E-state index is 12.9. The molecule has 0 saturated carbocycles. The van der Waals surface area contributed by atoms with E-state index in [0.717, 1.165) is 11.1 Å². The van der Waals surface area contributed by atoms with Crippen LogP contribution in [0.3, 0.4) is 0 Å². The van der Waals surface area contributed by atoms with Gasteiger partial charge in [-0.3, -0.25) is 4.57 Å². The average molecular weight is 403 g/mol. The number of aromatic nitrogens is 3. The van der Waals surface area contributed by atoms with Crippen LogP contribution in [0.15, 0.2) is 53.3 Å². The second-order valence-corrected chi connectivity index (χ2v) is 8.07. The Hall–Kier alpha value is -3.59. The lowest BCUT2D eigenvalue weighted by molar-refractivity contribution is 0.0697. The maximum atomic E-state index is 12.9. The summed E-state index contributed by atoms with van der Waals surface area (Å²) in [5, 5.41) is 13.9. The fourth-order valence-corrected chi connectivity index (χ4v) is 3.29. The molecule has 0 amide bonds. The summed E-state index contributed by atoms with van der Waals surface area (Å²) in [5.41, 5.74) is 2.17. The lowest BCUT2D eigenvalue weighted by Gasteiger charge is -2.18. The molecule has 0 aliphatic heterocycles. The molecule has 1 N–H and O–H groups in total. The molecule has 6 heteroatoms. The lowest BCUT2D eigenvalue weighted by atomic mass is 9.95. The number of hydrogen-bond acceptors (Lipinski definition) is 3. The maximum Gasteiger partial charge on any atom is 0.347 e. The molecule has 0 aliphatic carbocycles. The average Bonchev–Trinajstić information content (AvgIpc) is 3.03. The van der Waals surface area contributed by atoms with Gasteiger partial charge in [-0.1, -0.05) is 69.2 Å². The second kappa shape index (κ2) is 8.42. The van der Waals surface area contributed by atoms with Gasteiger partial charge < -0.3 is 5.11 Å².